The number of Topliss-reactive ketones (excluding diaryl/α,β-unsaturated/α-hetero) is 1. The first-order chi connectivity index (χ1) is 15.5. The summed E-state index contributed by atoms with van der Waals surface area (Å²) in [6.07, 6.45) is 6.03. The number of carbonyl (C=O) groups is 2. The Balaban J connectivity index is 1.46. The van der Waals surface area contributed by atoms with Crippen LogP contribution in [0.2, 0.25) is 0 Å². The van der Waals surface area contributed by atoms with Crippen LogP contribution >= 0.6 is 0 Å². The van der Waals surface area contributed by atoms with Crippen LogP contribution in [-0.4, -0.2) is 47.1 Å². The molecule has 0 radical (unpaired) electrons. The lowest BCUT2D eigenvalue weighted by Crippen LogP contribution is -2.49. The molecule has 7 nitrogen and oxygen atoms in total. The summed E-state index contributed by atoms with van der Waals surface area (Å²) in [6, 6.07) is 11.2. The first-order valence-electron chi connectivity index (χ1n) is 11.4. The molecule has 3 aliphatic rings. The molecule has 1 aromatic carbocycles. The lowest BCUT2D eigenvalue weighted by atomic mass is 9.95. The van der Waals surface area contributed by atoms with Crippen molar-refractivity contribution in [2.75, 3.05) is 18.0 Å². The molecule has 2 aromatic rings. The Bertz CT molecular complexity index is 1070. The molecule has 1 aliphatic carbocycles. The number of benzene rings is 1. The van der Waals surface area contributed by atoms with E-state index < -0.39 is 5.60 Å². The van der Waals surface area contributed by atoms with Crippen LogP contribution in [0.3, 0.4) is 0 Å². The summed E-state index contributed by atoms with van der Waals surface area (Å²) in [7, 11) is 0. The van der Waals surface area contributed by atoms with Gasteiger partial charge < -0.3 is 10.2 Å². The van der Waals surface area contributed by atoms with E-state index in [1.165, 1.54) is 0 Å². The van der Waals surface area contributed by atoms with Crippen LogP contribution in [0.5, 0.6) is 0 Å². The van der Waals surface area contributed by atoms with Crippen molar-refractivity contribution in [3.8, 4) is 0 Å². The Morgan fingerprint density at radius 2 is 1.94 bits per heavy atom. The number of nitrogens with one attached hydrogen (secondary N) is 1. The smallest absolute Gasteiger partial charge is 0.259 e. The predicted molar refractivity (Wildman–Crippen MR) is 122 cm³/mol. The third-order valence-corrected chi connectivity index (χ3v) is 6.45. The molecule has 2 fully saturated rings. The highest BCUT2D eigenvalue weighted by molar-refractivity contribution is 6.49. The summed E-state index contributed by atoms with van der Waals surface area (Å²) in [4.78, 5) is 38.1. The van der Waals surface area contributed by atoms with Crippen molar-refractivity contribution >= 4 is 23.2 Å². The van der Waals surface area contributed by atoms with E-state index in [9.17, 15) is 9.59 Å². The molecule has 1 atom stereocenters. The minimum absolute atomic E-state index is 0.0540. The monoisotopic (exact) mass is 432 g/mol. The summed E-state index contributed by atoms with van der Waals surface area (Å²) in [6.45, 7) is 5.12. The van der Waals surface area contributed by atoms with Crippen molar-refractivity contribution in [3.05, 3.63) is 59.3 Å². The van der Waals surface area contributed by atoms with Crippen LogP contribution in [0, 0.1) is 0 Å². The lowest BCUT2D eigenvalue weighted by Gasteiger charge is -2.35. The number of hydrogen-bond acceptors (Lipinski definition) is 6. The number of rotatable bonds is 5. The molecule has 1 saturated heterocycles. The van der Waals surface area contributed by atoms with Crippen LogP contribution in [-0.2, 0) is 9.63 Å². The van der Waals surface area contributed by atoms with Crippen LogP contribution in [0.4, 0.5) is 5.82 Å². The Morgan fingerprint density at radius 3 is 2.56 bits per heavy atom. The third-order valence-electron chi connectivity index (χ3n) is 6.45. The van der Waals surface area contributed by atoms with E-state index in [1.54, 1.807) is 44.3 Å². The maximum Gasteiger partial charge on any atom is 0.259 e. The van der Waals surface area contributed by atoms with Crippen molar-refractivity contribution in [3.63, 3.8) is 0 Å². The molecule has 5 rings (SSSR count). The van der Waals surface area contributed by atoms with Gasteiger partial charge in [0.25, 0.3) is 5.91 Å². The quantitative estimate of drug-likeness (QED) is 0.783. The normalized spacial score (nSPS) is 22.2. The van der Waals surface area contributed by atoms with E-state index in [0.29, 0.717) is 22.8 Å². The van der Waals surface area contributed by atoms with Gasteiger partial charge in [0, 0.05) is 23.9 Å². The van der Waals surface area contributed by atoms with Crippen LogP contribution in [0.25, 0.3) is 0 Å². The van der Waals surface area contributed by atoms with Gasteiger partial charge in [-0.25, -0.2) is 4.98 Å². The van der Waals surface area contributed by atoms with Crippen molar-refractivity contribution in [2.45, 2.75) is 57.1 Å². The summed E-state index contributed by atoms with van der Waals surface area (Å²) in [5.41, 5.74) is 1.72. The maximum absolute atomic E-state index is 13.8. The number of hydrogen-bond donors (Lipinski definition) is 1. The highest BCUT2D eigenvalue weighted by atomic mass is 16.7. The molecule has 32 heavy (non-hydrogen) atoms. The van der Waals surface area contributed by atoms with Gasteiger partial charge in [0.05, 0.1) is 6.04 Å². The second-order valence-corrected chi connectivity index (χ2v) is 9.31. The average molecular weight is 433 g/mol. The topological polar surface area (TPSA) is 83.9 Å². The zero-order chi connectivity index (χ0) is 22.3. The SMILES string of the molecule is CC1(C)ON=C(c2ccc(C(=O)N(c3ncccc3C3CC3)[C@@H]3CCCNC3)cc2)C1=O. The fourth-order valence-corrected chi connectivity index (χ4v) is 4.43. The van der Waals surface area contributed by atoms with E-state index >= 15 is 0 Å². The predicted octanol–water partition coefficient (Wildman–Crippen LogP) is 3.44. The standard InChI is InChI=1S/C25H28N4O3/c1-25(2)22(30)21(28-32-25)17-9-11-18(12-10-17)24(31)29(19-5-3-13-26-15-19)23-20(16-7-8-16)6-4-14-27-23/h4,6,9-12,14,16,19,26H,3,5,7-8,13,15H2,1-2H3/t19-/m1/s1. The number of amides is 1. The number of piperidine rings is 1. The Labute approximate surface area is 187 Å². The molecule has 1 saturated carbocycles. The molecule has 0 bridgehead atoms. The number of carbonyl (C=O) groups excluding carboxylic acids is 2. The zero-order valence-corrected chi connectivity index (χ0v) is 18.5. The van der Waals surface area contributed by atoms with Gasteiger partial charge in [-0.05, 0) is 75.8 Å². The van der Waals surface area contributed by atoms with E-state index in [4.69, 9.17) is 4.84 Å². The number of aromatic nitrogens is 1. The van der Waals surface area contributed by atoms with E-state index in [-0.39, 0.29) is 17.7 Å². The van der Waals surface area contributed by atoms with E-state index in [0.717, 1.165) is 50.2 Å². The highest BCUT2D eigenvalue weighted by Gasteiger charge is 2.40. The average Bonchev–Trinajstić information content (AvgIpc) is 3.62. The van der Waals surface area contributed by atoms with Crippen molar-refractivity contribution in [1.82, 2.24) is 10.3 Å². The lowest BCUT2D eigenvalue weighted by molar-refractivity contribution is -0.128. The third kappa shape index (κ3) is 3.81. The van der Waals surface area contributed by atoms with Crippen LogP contribution < -0.4 is 10.2 Å². The molecule has 0 unspecified atom stereocenters. The summed E-state index contributed by atoms with van der Waals surface area (Å²) >= 11 is 0. The summed E-state index contributed by atoms with van der Waals surface area (Å²) < 4.78 is 0. The Kier molecular flexibility index (Phi) is 5.29. The minimum Gasteiger partial charge on any atom is -0.381 e. The summed E-state index contributed by atoms with van der Waals surface area (Å²) in [5.74, 6) is 1.04. The van der Waals surface area contributed by atoms with Gasteiger partial charge in [-0.1, -0.05) is 23.4 Å². The van der Waals surface area contributed by atoms with Gasteiger partial charge in [0.2, 0.25) is 5.78 Å². The van der Waals surface area contributed by atoms with Crippen molar-refractivity contribution in [2.24, 2.45) is 5.16 Å². The van der Waals surface area contributed by atoms with Crippen LogP contribution in [0.1, 0.15) is 66.9 Å². The molecular formula is C25H28N4O3. The van der Waals surface area contributed by atoms with Gasteiger partial charge >= 0.3 is 0 Å². The van der Waals surface area contributed by atoms with Crippen molar-refractivity contribution < 1.29 is 14.4 Å². The molecule has 2 aliphatic heterocycles. The number of nitrogens with zero attached hydrogens (tertiary/aromatic N) is 3. The molecular weight excluding hydrogens is 404 g/mol. The molecule has 1 amide bonds. The van der Waals surface area contributed by atoms with Gasteiger partial charge in [-0.2, -0.15) is 0 Å². The van der Waals surface area contributed by atoms with Crippen molar-refractivity contribution in [1.29, 1.82) is 0 Å². The van der Waals surface area contributed by atoms with E-state index in [1.807, 2.05) is 11.0 Å². The zero-order valence-electron chi connectivity index (χ0n) is 18.5. The molecule has 166 valence electrons. The van der Waals surface area contributed by atoms with Gasteiger partial charge in [0.15, 0.2) is 11.3 Å². The van der Waals surface area contributed by atoms with Gasteiger partial charge in [-0.3, -0.25) is 14.5 Å². The maximum atomic E-state index is 13.8. The Hall–Kier alpha value is -3.06. The Morgan fingerprint density at radius 1 is 1.16 bits per heavy atom. The highest BCUT2D eigenvalue weighted by Crippen LogP contribution is 2.44. The molecule has 1 aromatic heterocycles. The first-order valence-corrected chi connectivity index (χ1v) is 11.4. The van der Waals surface area contributed by atoms with Gasteiger partial charge in [-0.15, -0.1) is 0 Å². The number of pyridine rings is 1. The first kappa shape index (κ1) is 20.8. The molecule has 7 heteroatoms. The van der Waals surface area contributed by atoms with Crippen LogP contribution in [0.15, 0.2) is 47.8 Å². The number of anilines is 1. The van der Waals surface area contributed by atoms with E-state index in [2.05, 4.69) is 21.5 Å². The minimum atomic E-state index is -0.952. The molecule has 3 heterocycles. The second-order valence-electron chi connectivity index (χ2n) is 9.31. The molecule has 0 spiro atoms. The molecule has 1 N–H and O–H groups in total. The largest absolute Gasteiger partial charge is 0.381 e. The van der Waals surface area contributed by atoms with Gasteiger partial charge in [0.1, 0.15) is 5.82 Å². The number of ketones is 1. The fraction of sp³-hybridized carbons (Fsp3) is 0.440. The second kappa shape index (κ2) is 8.13. The number of oxime groups is 1. The summed E-state index contributed by atoms with van der Waals surface area (Å²) in [5, 5.41) is 7.39. The fourth-order valence-electron chi connectivity index (χ4n) is 4.43.